The maximum atomic E-state index is 12.8. The summed E-state index contributed by atoms with van der Waals surface area (Å²) >= 11 is 0. The molecule has 0 aliphatic rings. The maximum Gasteiger partial charge on any atom is 0.129 e. The van der Waals surface area contributed by atoms with E-state index in [-0.39, 0.29) is 11.8 Å². The van der Waals surface area contributed by atoms with Crippen LogP contribution >= 0.6 is 0 Å². The van der Waals surface area contributed by atoms with Crippen LogP contribution in [0.2, 0.25) is 0 Å². The lowest BCUT2D eigenvalue weighted by Gasteiger charge is -2.14. The maximum absolute atomic E-state index is 12.8. The Labute approximate surface area is 88.3 Å². The molecule has 0 aliphatic carbocycles. The zero-order valence-electron chi connectivity index (χ0n) is 8.89. The van der Waals surface area contributed by atoms with Gasteiger partial charge in [-0.2, -0.15) is 0 Å². The molecule has 0 amide bonds. The average Bonchev–Trinajstić information content (AvgIpc) is 2.18. The third-order valence-electron chi connectivity index (χ3n) is 2.19. The predicted molar refractivity (Wildman–Crippen MR) is 55.0 cm³/mol. The summed E-state index contributed by atoms with van der Waals surface area (Å²) in [5, 5.41) is 3.04. The van der Waals surface area contributed by atoms with E-state index in [1.807, 2.05) is 14.0 Å². The second-order valence-electron chi connectivity index (χ2n) is 3.31. The highest BCUT2D eigenvalue weighted by atomic mass is 19.1. The second kappa shape index (κ2) is 5.66. The van der Waals surface area contributed by atoms with Gasteiger partial charge in [0.1, 0.15) is 24.0 Å². The Bertz CT molecular complexity index is 293. The van der Waals surface area contributed by atoms with Gasteiger partial charge in [0.25, 0.3) is 0 Å². The highest BCUT2D eigenvalue weighted by molar-refractivity contribution is 5.23. The Morgan fingerprint density at radius 2 is 1.87 bits per heavy atom. The molecule has 4 heteroatoms. The van der Waals surface area contributed by atoms with E-state index < -0.39 is 11.6 Å². The lowest BCUT2D eigenvalue weighted by Crippen LogP contribution is -2.30. The molecule has 1 aromatic carbocycles. The molecule has 0 saturated heterocycles. The molecule has 1 aromatic rings. The minimum Gasteiger partial charge on any atom is -0.492 e. The Hall–Kier alpha value is -1.16. The van der Waals surface area contributed by atoms with Crippen molar-refractivity contribution in [2.75, 3.05) is 13.7 Å². The highest BCUT2D eigenvalue weighted by Gasteiger charge is 2.05. The molecule has 1 N–H and O–H groups in total. The first-order chi connectivity index (χ1) is 7.15. The quantitative estimate of drug-likeness (QED) is 0.814. The van der Waals surface area contributed by atoms with Crippen molar-refractivity contribution in [3.63, 3.8) is 0 Å². The van der Waals surface area contributed by atoms with Gasteiger partial charge in [0.15, 0.2) is 0 Å². The van der Waals surface area contributed by atoms with E-state index in [1.165, 1.54) is 12.1 Å². The van der Waals surface area contributed by atoms with Gasteiger partial charge in [0.05, 0.1) is 0 Å². The molecule has 84 valence electrons. The fraction of sp³-hybridized carbons (Fsp3) is 0.455. The first-order valence-corrected chi connectivity index (χ1v) is 4.92. The van der Waals surface area contributed by atoms with Crippen molar-refractivity contribution in [1.29, 1.82) is 0 Å². The van der Waals surface area contributed by atoms with E-state index in [4.69, 9.17) is 4.74 Å². The Kier molecular flexibility index (Phi) is 4.49. The molecule has 1 unspecified atom stereocenters. The number of likely N-dealkylation sites (N-methyl/N-ethyl adjacent to an activating group) is 1. The Balaban J connectivity index is 2.57. The van der Waals surface area contributed by atoms with E-state index in [0.29, 0.717) is 6.61 Å². The van der Waals surface area contributed by atoms with Crippen LogP contribution in [0.5, 0.6) is 5.75 Å². The van der Waals surface area contributed by atoms with Crippen molar-refractivity contribution in [3.8, 4) is 5.75 Å². The molecule has 2 nitrogen and oxygen atoms in total. The largest absolute Gasteiger partial charge is 0.492 e. The number of nitrogens with one attached hydrogen (secondary N) is 1. The van der Waals surface area contributed by atoms with Gasteiger partial charge in [-0.25, -0.2) is 8.78 Å². The molecule has 0 saturated carbocycles. The van der Waals surface area contributed by atoms with E-state index in [9.17, 15) is 8.78 Å². The van der Waals surface area contributed by atoms with Crippen LogP contribution < -0.4 is 10.1 Å². The summed E-state index contributed by atoms with van der Waals surface area (Å²) in [6.07, 6.45) is 0.897. The summed E-state index contributed by atoms with van der Waals surface area (Å²) in [5.41, 5.74) is 0. The van der Waals surface area contributed by atoms with Crippen LogP contribution in [0.4, 0.5) is 8.78 Å². The summed E-state index contributed by atoms with van der Waals surface area (Å²) in [5.74, 6) is -1.02. The van der Waals surface area contributed by atoms with E-state index in [0.717, 1.165) is 12.5 Å². The lowest BCUT2D eigenvalue weighted by molar-refractivity contribution is 0.265. The number of benzene rings is 1. The lowest BCUT2D eigenvalue weighted by atomic mass is 10.2. The number of rotatable bonds is 5. The molecular weight excluding hydrogens is 200 g/mol. The number of ether oxygens (including phenoxy) is 1. The summed E-state index contributed by atoms with van der Waals surface area (Å²) < 4.78 is 30.8. The smallest absolute Gasteiger partial charge is 0.129 e. The van der Waals surface area contributed by atoms with Crippen LogP contribution in [0, 0.1) is 11.6 Å². The van der Waals surface area contributed by atoms with E-state index in [1.54, 1.807) is 0 Å². The molecule has 0 spiro atoms. The molecule has 0 radical (unpaired) electrons. The van der Waals surface area contributed by atoms with Crippen LogP contribution in [-0.2, 0) is 0 Å². The molecule has 15 heavy (non-hydrogen) atoms. The molecule has 1 rings (SSSR count). The van der Waals surface area contributed by atoms with Crippen LogP contribution in [-0.4, -0.2) is 19.7 Å². The second-order valence-corrected chi connectivity index (χ2v) is 3.31. The van der Waals surface area contributed by atoms with Gasteiger partial charge in [-0.15, -0.1) is 0 Å². The first-order valence-electron chi connectivity index (χ1n) is 4.92. The van der Waals surface area contributed by atoms with Crippen molar-refractivity contribution in [1.82, 2.24) is 5.32 Å². The van der Waals surface area contributed by atoms with Gasteiger partial charge in [-0.1, -0.05) is 6.92 Å². The third kappa shape index (κ3) is 3.83. The summed E-state index contributed by atoms with van der Waals surface area (Å²) in [7, 11) is 1.82. The van der Waals surface area contributed by atoms with Crippen LogP contribution in [0.25, 0.3) is 0 Å². The van der Waals surface area contributed by atoms with Gasteiger partial charge in [0.2, 0.25) is 0 Å². The van der Waals surface area contributed by atoms with Crippen molar-refractivity contribution in [3.05, 3.63) is 29.8 Å². The molecule has 0 heterocycles. The number of hydrogen-bond acceptors (Lipinski definition) is 2. The van der Waals surface area contributed by atoms with E-state index >= 15 is 0 Å². The molecule has 0 aliphatic heterocycles. The molecule has 0 fully saturated rings. The number of hydrogen-bond donors (Lipinski definition) is 1. The van der Waals surface area contributed by atoms with Gasteiger partial charge in [-0.3, -0.25) is 0 Å². The van der Waals surface area contributed by atoms with Crippen LogP contribution in [0.1, 0.15) is 13.3 Å². The highest BCUT2D eigenvalue weighted by Crippen LogP contribution is 2.15. The zero-order valence-corrected chi connectivity index (χ0v) is 8.89. The molecule has 0 aromatic heterocycles. The monoisotopic (exact) mass is 215 g/mol. The fourth-order valence-electron chi connectivity index (χ4n) is 1.21. The molecule has 0 bridgehead atoms. The number of halogens is 2. The van der Waals surface area contributed by atoms with Gasteiger partial charge < -0.3 is 10.1 Å². The van der Waals surface area contributed by atoms with Gasteiger partial charge >= 0.3 is 0 Å². The SMILES string of the molecule is CCC(COc1cc(F)cc(F)c1)NC. The molecule has 1 atom stereocenters. The van der Waals surface area contributed by atoms with Crippen molar-refractivity contribution in [2.24, 2.45) is 0 Å². The zero-order chi connectivity index (χ0) is 11.3. The van der Waals surface area contributed by atoms with Gasteiger partial charge in [0, 0.05) is 24.2 Å². The van der Waals surface area contributed by atoms with Crippen molar-refractivity contribution in [2.45, 2.75) is 19.4 Å². The Morgan fingerprint density at radius 1 is 1.27 bits per heavy atom. The first kappa shape index (κ1) is 11.9. The fourth-order valence-corrected chi connectivity index (χ4v) is 1.21. The summed E-state index contributed by atoms with van der Waals surface area (Å²) in [6.45, 7) is 2.41. The molecular formula is C11H15F2NO. The predicted octanol–water partition coefficient (Wildman–Crippen LogP) is 2.34. The topological polar surface area (TPSA) is 21.3 Å². The Morgan fingerprint density at radius 3 is 2.33 bits per heavy atom. The summed E-state index contributed by atoms with van der Waals surface area (Å²) in [4.78, 5) is 0. The average molecular weight is 215 g/mol. The van der Waals surface area contributed by atoms with Crippen LogP contribution in [0.15, 0.2) is 18.2 Å². The minimum atomic E-state index is -0.623. The van der Waals surface area contributed by atoms with Crippen molar-refractivity contribution < 1.29 is 13.5 Å². The standard InChI is InChI=1S/C11H15F2NO/c1-3-10(14-2)7-15-11-5-8(12)4-9(13)6-11/h4-6,10,14H,3,7H2,1-2H3. The van der Waals surface area contributed by atoms with Crippen LogP contribution in [0.3, 0.4) is 0 Å². The van der Waals surface area contributed by atoms with Gasteiger partial charge in [-0.05, 0) is 13.5 Å². The van der Waals surface area contributed by atoms with Crippen molar-refractivity contribution >= 4 is 0 Å². The minimum absolute atomic E-state index is 0.191. The van der Waals surface area contributed by atoms with E-state index in [2.05, 4.69) is 5.32 Å². The summed E-state index contributed by atoms with van der Waals surface area (Å²) in [6, 6.07) is 3.36. The third-order valence-corrected chi connectivity index (χ3v) is 2.19. The normalized spacial score (nSPS) is 12.5.